The molecule has 4 aromatic rings. The van der Waals surface area contributed by atoms with E-state index in [4.69, 9.17) is 15.5 Å². The van der Waals surface area contributed by atoms with Crippen molar-refractivity contribution in [1.29, 1.82) is 0 Å². The number of methoxy groups -OCH3 is 1. The number of aromatic nitrogens is 4. The fourth-order valence-electron chi connectivity index (χ4n) is 4.40. The number of benzene rings is 2. The van der Waals surface area contributed by atoms with Crippen molar-refractivity contribution in [3.63, 3.8) is 0 Å². The van der Waals surface area contributed by atoms with E-state index in [1.54, 1.807) is 30.8 Å². The first-order valence-corrected chi connectivity index (χ1v) is 9.80. The Bertz CT molecular complexity index is 1280. The Morgan fingerprint density at radius 2 is 2.10 bits per heavy atom. The number of hydrogen-bond acceptors (Lipinski definition) is 5. The predicted molar refractivity (Wildman–Crippen MR) is 112 cm³/mol. The zero-order valence-corrected chi connectivity index (χ0v) is 16.7. The van der Waals surface area contributed by atoms with Crippen molar-refractivity contribution >= 4 is 16.6 Å². The highest BCUT2D eigenvalue weighted by Gasteiger charge is 2.41. The highest BCUT2D eigenvalue weighted by atomic mass is 19.1. The number of anilines is 1. The van der Waals surface area contributed by atoms with Crippen LogP contribution < -0.4 is 10.5 Å². The third kappa shape index (κ3) is 2.68. The Morgan fingerprint density at radius 3 is 2.87 bits per heavy atom. The fraction of sp³-hybridized carbons (Fsp3) is 0.273. The molecule has 8 heteroatoms. The molecule has 0 saturated heterocycles. The Balaban J connectivity index is 1.64. The van der Waals surface area contributed by atoms with Gasteiger partial charge in [-0.2, -0.15) is 0 Å². The van der Waals surface area contributed by atoms with E-state index >= 15 is 0 Å². The van der Waals surface area contributed by atoms with Crippen LogP contribution in [-0.4, -0.2) is 32.0 Å². The summed E-state index contributed by atoms with van der Waals surface area (Å²) in [5.41, 5.74) is 8.13. The normalized spacial score (nSPS) is 18.5. The predicted octanol–water partition coefficient (Wildman–Crippen LogP) is 3.49. The second-order valence-corrected chi connectivity index (χ2v) is 7.74. The maximum Gasteiger partial charge on any atom is 0.197 e. The number of fused-ring (bicyclic) bond motifs is 2. The number of nitrogens with zero attached hydrogens (tertiary/aromatic N) is 3. The third-order valence-corrected chi connectivity index (χ3v) is 5.81. The van der Waals surface area contributed by atoms with Crippen LogP contribution in [0.1, 0.15) is 29.8 Å². The molecule has 1 unspecified atom stereocenters. The van der Waals surface area contributed by atoms with Crippen LogP contribution in [0.3, 0.4) is 0 Å². The van der Waals surface area contributed by atoms with Crippen molar-refractivity contribution in [1.82, 2.24) is 19.7 Å². The minimum atomic E-state index is -1.32. The topological polar surface area (TPSA) is 102 Å². The van der Waals surface area contributed by atoms with Crippen molar-refractivity contribution in [2.75, 3.05) is 12.8 Å². The number of aryl methyl sites for hydroxylation is 2. The number of nitrogen functional groups attached to an aromatic ring is 1. The van der Waals surface area contributed by atoms with E-state index in [9.17, 15) is 9.50 Å². The smallest absolute Gasteiger partial charge is 0.197 e. The molecule has 5 rings (SSSR count). The number of nitrogens with two attached hydrogens (primary N) is 1. The molecular formula is C22H22FN5O2. The standard InChI is InChI=1S/C22H22FN5O2/c1-12-10-13(23)4-5-15(12)22(29)8-3-9-28-21(22)26-20(27-28)18-11-14-17(25-18)7-6-16(24)19(14)30-2/h4-7,10-11,25,29H,3,8-9,24H2,1-2H3. The van der Waals surface area contributed by atoms with E-state index in [1.807, 2.05) is 12.1 Å². The van der Waals surface area contributed by atoms with Gasteiger partial charge in [0.15, 0.2) is 17.4 Å². The monoisotopic (exact) mass is 407 g/mol. The number of halogens is 1. The quantitative estimate of drug-likeness (QED) is 0.451. The van der Waals surface area contributed by atoms with Gasteiger partial charge in [-0.15, -0.1) is 5.10 Å². The lowest BCUT2D eigenvalue weighted by Crippen LogP contribution is -2.36. The van der Waals surface area contributed by atoms with Crippen molar-refractivity contribution in [3.8, 4) is 17.3 Å². The number of aromatic amines is 1. The Kier molecular flexibility index (Phi) is 4.08. The Hall–Kier alpha value is -3.39. The molecule has 30 heavy (non-hydrogen) atoms. The lowest BCUT2D eigenvalue weighted by atomic mass is 9.83. The largest absolute Gasteiger partial charge is 0.494 e. The molecule has 0 radical (unpaired) electrons. The van der Waals surface area contributed by atoms with Crippen LogP contribution in [0.4, 0.5) is 10.1 Å². The summed E-state index contributed by atoms with van der Waals surface area (Å²) in [4.78, 5) is 8.00. The Morgan fingerprint density at radius 1 is 1.27 bits per heavy atom. The zero-order chi connectivity index (χ0) is 21.0. The molecule has 4 N–H and O–H groups in total. The van der Waals surface area contributed by atoms with Gasteiger partial charge in [-0.3, -0.25) is 0 Å². The number of ether oxygens (including phenoxy) is 1. The van der Waals surface area contributed by atoms with Crippen LogP contribution in [0.25, 0.3) is 22.4 Å². The molecule has 0 bridgehead atoms. The molecule has 2 aromatic carbocycles. The molecule has 0 spiro atoms. The van der Waals surface area contributed by atoms with Gasteiger partial charge in [0.1, 0.15) is 11.4 Å². The number of rotatable bonds is 3. The van der Waals surface area contributed by atoms with Crippen LogP contribution in [0, 0.1) is 12.7 Å². The van der Waals surface area contributed by atoms with Gasteiger partial charge in [-0.25, -0.2) is 14.1 Å². The van der Waals surface area contributed by atoms with Gasteiger partial charge in [-0.1, -0.05) is 6.07 Å². The number of H-pyrrole nitrogens is 1. The molecule has 1 atom stereocenters. The lowest BCUT2D eigenvalue weighted by Gasteiger charge is -2.32. The first-order chi connectivity index (χ1) is 14.4. The molecule has 1 aliphatic heterocycles. The van der Waals surface area contributed by atoms with Gasteiger partial charge in [0.05, 0.1) is 18.5 Å². The summed E-state index contributed by atoms with van der Waals surface area (Å²) in [5.74, 6) is 1.20. The molecule has 0 aliphatic carbocycles. The van der Waals surface area contributed by atoms with Gasteiger partial charge in [0, 0.05) is 17.4 Å². The molecule has 2 aromatic heterocycles. The van der Waals surface area contributed by atoms with Crippen molar-refractivity contribution < 1.29 is 14.2 Å². The van der Waals surface area contributed by atoms with Gasteiger partial charge in [0.25, 0.3) is 0 Å². The van der Waals surface area contributed by atoms with E-state index < -0.39 is 5.60 Å². The zero-order valence-electron chi connectivity index (χ0n) is 16.7. The summed E-state index contributed by atoms with van der Waals surface area (Å²) in [6.07, 6.45) is 1.23. The second-order valence-electron chi connectivity index (χ2n) is 7.74. The van der Waals surface area contributed by atoms with Crippen molar-refractivity contribution in [2.45, 2.75) is 31.9 Å². The van der Waals surface area contributed by atoms with E-state index in [0.29, 0.717) is 52.9 Å². The summed E-state index contributed by atoms with van der Waals surface area (Å²) in [7, 11) is 1.58. The highest BCUT2D eigenvalue weighted by Crippen LogP contribution is 2.40. The van der Waals surface area contributed by atoms with Gasteiger partial charge in [-0.05, 0) is 61.2 Å². The van der Waals surface area contributed by atoms with Crippen LogP contribution in [0.15, 0.2) is 36.4 Å². The maximum absolute atomic E-state index is 13.6. The van der Waals surface area contributed by atoms with Crippen LogP contribution in [-0.2, 0) is 12.1 Å². The molecular weight excluding hydrogens is 385 g/mol. The molecule has 0 saturated carbocycles. The second kappa shape index (κ2) is 6.56. The van der Waals surface area contributed by atoms with Crippen LogP contribution in [0.2, 0.25) is 0 Å². The van der Waals surface area contributed by atoms with Gasteiger partial charge < -0.3 is 20.6 Å². The average Bonchev–Trinajstić information content (AvgIpc) is 3.33. The number of nitrogens with one attached hydrogen (secondary N) is 1. The molecule has 3 heterocycles. The van der Waals surface area contributed by atoms with E-state index in [1.165, 1.54) is 12.1 Å². The minimum Gasteiger partial charge on any atom is -0.494 e. The third-order valence-electron chi connectivity index (χ3n) is 5.81. The van der Waals surface area contributed by atoms with Crippen LogP contribution >= 0.6 is 0 Å². The highest BCUT2D eigenvalue weighted by molar-refractivity contribution is 5.94. The summed E-state index contributed by atoms with van der Waals surface area (Å²) < 4.78 is 20.8. The average molecular weight is 407 g/mol. The molecule has 0 amide bonds. The first-order valence-electron chi connectivity index (χ1n) is 9.80. The molecule has 7 nitrogen and oxygen atoms in total. The van der Waals surface area contributed by atoms with Crippen molar-refractivity contribution in [3.05, 3.63) is 59.2 Å². The van der Waals surface area contributed by atoms with E-state index in [2.05, 4.69) is 10.1 Å². The fourth-order valence-corrected chi connectivity index (χ4v) is 4.40. The van der Waals surface area contributed by atoms with Crippen LogP contribution in [0.5, 0.6) is 5.75 Å². The minimum absolute atomic E-state index is 0.330. The summed E-state index contributed by atoms with van der Waals surface area (Å²) in [6, 6.07) is 9.98. The van der Waals surface area contributed by atoms with Crippen molar-refractivity contribution in [2.24, 2.45) is 0 Å². The Labute approximate surface area is 172 Å². The number of hydrogen-bond donors (Lipinski definition) is 3. The molecule has 154 valence electrons. The number of aliphatic hydroxyl groups is 1. The van der Waals surface area contributed by atoms with Gasteiger partial charge >= 0.3 is 0 Å². The lowest BCUT2D eigenvalue weighted by molar-refractivity contribution is 0.0389. The van der Waals surface area contributed by atoms with E-state index in [-0.39, 0.29) is 5.82 Å². The van der Waals surface area contributed by atoms with Gasteiger partial charge in [0.2, 0.25) is 0 Å². The first kappa shape index (κ1) is 18.6. The SMILES string of the molecule is COc1c(N)ccc2[nH]c(-c3nc4n(n3)CCCC4(O)c3ccc(F)cc3C)cc12. The summed E-state index contributed by atoms with van der Waals surface area (Å²) in [5, 5.41) is 17.1. The molecule has 0 fully saturated rings. The summed E-state index contributed by atoms with van der Waals surface area (Å²) >= 11 is 0. The molecule has 1 aliphatic rings. The summed E-state index contributed by atoms with van der Waals surface area (Å²) in [6.45, 7) is 2.45. The maximum atomic E-state index is 13.6. The van der Waals surface area contributed by atoms with E-state index in [0.717, 1.165) is 17.3 Å².